The fourth-order valence-electron chi connectivity index (χ4n) is 1.53. The van der Waals surface area contributed by atoms with Gasteiger partial charge < -0.3 is 9.73 Å². The minimum absolute atomic E-state index is 0.174. The van der Waals surface area contributed by atoms with Gasteiger partial charge in [0.2, 0.25) is 0 Å². The molecule has 17 heavy (non-hydrogen) atoms. The number of hydrogen-bond donors (Lipinski definition) is 1. The van der Waals surface area contributed by atoms with Crippen LogP contribution < -0.4 is 5.32 Å². The largest absolute Gasteiger partial charge is 0.459 e. The van der Waals surface area contributed by atoms with Crippen molar-refractivity contribution in [2.75, 3.05) is 6.54 Å². The molecule has 0 aliphatic heterocycles. The van der Waals surface area contributed by atoms with Crippen LogP contribution in [0.2, 0.25) is 0 Å². The molecule has 5 nitrogen and oxygen atoms in total. The lowest BCUT2D eigenvalue weighted by atomic mass is 10.4. The van der Waals surface area contributed by atoms with Gasteiger partial charge in [0.1, 0.15) is 0 Å². The number of carbonyl (C=O) groups excluding carboxylic acids is 1. The monoisotopic (exact) mass is 233 g/mol. The molecule has 0 aromatic carbocycles. The smallest absolute Gasteiger partial charge is 0.286 e. The van der Waals surface area contributed by atoms with E-state index in [0.717, 1.165) is 18.5 Å². The Balaban J connectivity index is 1.68. The minimum Gasteiger partial charge on any atom is -0.459 e. The molecule has 2 aromatic rings. The summed E-state index contributed by atoms with van der Waals surface area (Å²) in [6.07, 6.45) is 6.13. The topological polar surface area (TPSA) is 60.1 Å². The molecule has 2 aromatic heterocycles. The van der Waals surface area contributed by atoms with Crippen molar-refractivity contribution >= 4 is 5.91 Å². The van der Waals surface area contributed by atoms with Crippen molar-refractivity contribution in [3.8, 4) is 0 Å². The Labute approximate surface area is 99.4 Å². The van der Waals surface area contributed by atoms with Crippen LogP contribution in [0.4, 0.5) is 0 Å². The van der Waals surface area contributed by atoms with Crippen molar-refractivity contribution in [3.05, 3.63) is 42.1 Å². The molecule has 0 aliphatic rings. The molecule has 0 aliphatic carbocycles. The normalized spacial score (nSPS) is 10.4. The van der Waals surface area contributed by atoms with Crippen LogP contribution in [-0.2, 0) is 6.54 Å². The van der Waals surface area contributed by atoms with Crippen LogP contribution in [0.25, 0.3) is 0 Å². The number of furan rings is 1. The van der Waals surface area contributed by atoms with Crippen LogP contribution >= 0.6 is 0 Å². The third kappa shape index (κ3) is 3.21. The first-order valence-corrected chi connectivity index (χ1v) is 5.56. The maximum absolute atomic E-state index is 11.5. The lowest BCUT2D eigenvalue weighted by Crippen LogP contribution is -2.24. The molecule has 0 unspecified atom stereocenters. The molecule has 0 fully saturated rings. The van der Waals surface area contributed by atoms with E-state index in [1.165, 1.54) is 6.26 Å². The summed E-state index contributed by atoms with van der Waals surface area (Å²) < 4.78 is 6.85. The number of hydrogen-bond acceptors (Lipinski definition) is 3. The van der Waals surface area contributed by atoms with Crippen LogP contribution in [0, 0.1) is 6.92 Å². The maximum Gasteiger partial charge on any atom is 0.286 e. The fourth-order valence-corrected chi connectivity index (χ4v) is 1.53. The summed E-state index contributed by atoms with van der Waals surface area (Å²) in [4.78, 5) is 11.5. The van der Waals surface area contributed by atoms with E-state index in [0.29, 0.717) is 12.3 Å². The number of nitrogens with one attached hydrogen (secondary N) is 1. The van der Waals surface area contributed by atoms with Gasteiger partial charge in [0, 0.05) is 19.3 Å². The molecule has 1 N–H and O–H groups in total. The number of nitrogens with zero attached hydrogens (tertiary/aromatic N) is 2. The second-order valence-corrected chi connectivity index (χ2v) is 3.87. The van der Waals surface area contributed by atoms with Crippen molar-refractivity contribution in [1.82, 2.24) is 15.1 Å². The first kappa shape index (κ1) is 11.4. The number of aryl methyl sites for hydroxylation is 2. The first-order valence-electron chi connectivity index (χ1n) is 5.56. The van der Waals surface area contributed by atoms with Gasteiger partial charge in [-0.15, -0.1) is 0 Å². The van der Waals surface area contributed by atoms with Crippen LogP contribution in [0.5, 0.6) is 0 Å². The van der Waals surface area contributed by atoms with Crippen LogP contribution in [0.1, 0.15) is 22.5 Å². The summed E-state index contributed by atoms with van der Waals surface area (Å²) >= 11 is 0. The zero-order valence-corrected chi connectivity index (χ0v) is 9.72. The van der Waals surface area contributed by atoms with E-state index in [4.69, 9.17) is 4.42 Å². The third-order valence-electron chi connectivity index (χ3n) is 2.36. The fraction of sp³-hybridized carbons (Fsp3) is 0.333. The third-order valence-corrected chi connectivity index (χ3v) is 2.36. The van der Waals surface area contributed by atoms with Crippen molar-refractivity contribution in [2.24, 2.45) is 0 Å². The first-order chi connectivity index (χ1) is 8.25. The van der Waals surface area contributed by atoms with Gasteiger partial charge in [-0.2, -0.15) is 5.10 Å². The Morgan fingerprint density at radius 1 is 1.59 bits per heavy atom. The van der Waals surface area contributed by atoms with Gasteiger partial charge in [0.25, 0.3) is 5.91 Å². The summed E-state index contributed by atoms with van der Waals surface area (Å²) in [5, 5.41) is 6.96. The quantitative estimate of drug-likeness (QED) is 0.798. The molecule has 90 valence electrons. The van der Waals surface area contributed by atoms with Gasteiger partial charge in [-0.25, -0.2) is 0 Å². The highest BCUT2D eigenvalue weighted by Crippen LogP contribution is 1.99. The molecular formula is C12H15N3O2. The summed E-state index contributed by atoms with van der Waals surface area (Å²) in [6.45, 7) is 3.41. The zero-order chi connectivity index (χ0) is 12.1. The molecule has 0 saturated heterocycles. The number of aromatic nitrogens is 2. The highest BCUT2D eigenvalue weighted by atomic mass is 16.3. The number of rotatable bonds is 5. The summed E-state index contributed by atoms with van der Waals surface area (Å²) in [6, 6.07) is 3.34. The molecule has 0 spiro atoms. The predicted molar refractivity (Wildman–Crippen MR) is 62.6 cm³/mol. The van der Waals surface area contributed by atoms with Crippen molar-refractivity contribution in [2.45, 2.75) is 19.9 Å². The Kier molecular flexibility index (Phi) is 3.59. The van der Waals surface area contributed by atoms with Gasteiger partial charge in [0.15, 0.2) is 5.76 Å². The lowest BCUT2D eigenvalue weighted by Gasteiger charge is -2.03. The van der Waals surface area contributed by atoms with Crippen LogP contribution in [-0.4, -0.2) is 22.2 Å². The number of amides is 1. The Morgan fingerprint density at radius 3 is 3.12 bits per heavy atom. The van der Waals surface area contributed by atoms with Gasteiger partial charge in [0.05, 0.1) is 12.5 Å². The molecular weight excluding hydrogens is 218 g/mol. The standard InChI is InChI=1S/C12H15N3O2/c1-10-8-14-15(9-10)6-3-5-13-12(16)11-4-2-7-17-11/h2,4,7-9H,3,5-6H2,1H3,(H,13,16). The van der Waals surface area contributed by atoms with Gasteiger partial charge >= 0.3 is 0 Å². The highest BCUT2D eigenvalue weighted by Gasteiger charge is 2.06. The van der Waals surface area contributed by atoms with Crippen molar-refractivity contribution in [1.29, 1.82) is 0 Å². The van der Waals surface area contributed by atoms with Gasteiger partial charge in [-0.05, 0) is 31.0 Å². The molecule has 1 amide bonds. The van der Waals surface area contributed by atoms with E-state index in [-0.39, 0.29) is 5.91 Å². The lowest BCUT2D eigenvalue weighted by molar-refractivity contribution is 0.0925. The Morgan fingerprint density at radius 2 is 2.47 bits per heavy atom. The summed E-state index contributed by atoms with van der Waals surface area (Å²) in [7, 11) is 0. The van der Waals surface area contributed by atoms with Crippen LogP contribution in [0.15, 0.2) is 35.2 Å². The average Bonchev–Trinajstić information content (AvgIpc) is 2.95. The Bertz CT molecular complexity index is 474. The van der Waals surface area contributed by atoms with E-state index in [1.54, 1.807) is 12.1 Å². The molecule has 0 radical (unpaired) electrons. The molecule has 0 bridgehead atoms. The van der Waals surface area contributed by atoms with Gasteiger partial charge in [-0.1, -0.05) is 0 Å². The SMILES string of the molecule is Cc1cnn(CCCNC(=O)c2ccco2)c1. The van der Waals surface area contributed by atoms with E-state index < -0.39 is 0 Å². The molecule has 0 atom stereocenters. The van der Waals surface area contributed by atoms with E-state index in [9.17, 15) is 4.79 Å². The summed E-state index contributed by atoms with van der Waals surface area (Å²) in [5.74, 6) is 0.173. The van der Waals surface area contributed by atoms with E-state index >= 15 is 0 Å². The van der Waals surface area contributed by atoms with E-state index in [2.05, 4.69) is 10.4 Å². The van der Waals surface area contributed by atoms with E-state index in [1.807, 2.05) is 24.0 Å². The minimum atomic E-state index is -0.174. The predicted octanol–water partition coefficient (Wildman–Crippen LogP) is 1.60. The van der Waals surface area contributed by atoms with Crippen LogP contribution in [0.3, 0.4) is 0 Å². The maximum atomic E-state index is 11.5. The van der Waals surface area contributed by atoms with Crippen molar-refractivity contribution in [3.63, 3.8) is 0 Å². The molecule has 5 heteroatoms. The second-order valence-electron chi connectivity index (χ2n) is 3.87. The highest BCUT2D eigenvalue weighted by molar-refractivity contribution is 5.91. The molecule has 0 saturated carbocycles. The molecule has 2 heterocycles. The van der Waals surface area contributed by atoms with Crippen molar-refractivity contribution < 1.29 is 9.21 Å². The average molecular weight is 233 g/mol. The van der Waals surface area contributed by atoms with Gasteiger partial charge in [-0.3, -0.25) is 9.48 Å². The molecule has 2 rings (SSSR count). The summed E-state index contributed by atoms with van der Waals surface area (Å²) in [5.41, 5.74) is 1.14. The number of carbonyl (C=O) groups is 1. The Hall–Kier alpha value is -2.04. The second kappa shape index (κ2) is 5.34. The zero-order valence-electron chi connectivity index (χ0n) is 9.72.